The number of carbonyl (C=O) groups excluding carboxylic acids is 1. The van der Waals surface area contributed by atoms with E-state index in [4.69, 9.17) is 5.73 Å². The molecule has 2 rings (SSSR count). The van der Waals surface area contributed by atoms with E-state index in [1.54, 1.807) is 0 Å². The van der Waals surface area contributed by atoms with E-state index in [9.17, 15) is 9.59 Å². The first-order valence-electron chi connectivity index (χ1n) is 4.20. The lowest BCUT2D eigenvalue weighted by molar-refractivity contribution is 0.101. The Morgan fingerprint density at radius 3 is 2.69 bits per heavy atom. The van der Waals surface area contributed by atoms with Crippen LogP contribution in [-0.2, 0) is 0 Å². The summed E-state index contributed by atoms with van der Waals surface area (Å²) in [6.07, 6.45) is 0. The quantitative estimate of drug-likeness (QED) is 0.497. The fraction of sp³-hybridized carbons (Fsp3) is 0. The summed E-state index contributed by atoms with van der Waals surface area (Å²) in [4.78, 5) is 25.8. The van der Waals surface area contributed by atoms with Crippen molar-refractivity contribution in [1.29, 1.82) is 0 Å². The molecule has 5 N–H and O–H groups in total. The number of hydrogen-bond acceptors (Lipinski definition) is 6. The molecule has 0 saturated carbocycles. The highest BCUT2D eigenvalue weighted by atomic mass is 16.2. The van der Waals surface area contributed by atoms with Crippen molar-refractivity contribution in [1.82, 2.24) is 25.4 Å². The Morgan fingerprint density at radius 2 is 2.12 bits per heavy atom. The standard InChI is InChI=1S/C7H7N7O2/c8-7-10-5(13-14-7)6(16)9-3-1-2-4(15)12-11-3/h1-2H,(H,12,15)(H,9,11,16)(H3,8,10,13,14). The molecule has 0 unspecified atom stereocenters. The van der Waals surface area contributed by atoms with Crippen LogP contribution >= 0.6 is 0 Å². The van der Waals surface area contributed by atoms with E-state index < -0.39 is 5.91 Å². The summed E-state index contributed by atoms with van der Waals surface area (Å²) < 4.78 is 0. The van der Waals surface area contributed by atoms with Gasteiger partial charge in [0.2, 0.25) is 11.8 Å². The number of carbonyl (C=O) groups is 1. The summed E-state index contributed by atoms with van der Waals surface area (Å²) in [5.74, 6) is -0.423. The van der Waals surface area contributed by atoms with Gasteiger partial charge in [0.15, 0.2) is 5.82 Å². The Labute approximate surface area is 88.1 Å². The van der Waals surface area contributed by atoms with Gasteiger partial charge >= 0.3 is 0 Å². The zero-order valence-corrected chi connectivity index (χ0v) is 7.89. The molecule has 0 bridgehead atoms. The number of nitrogens with one attached hydrogen (secondary N) is 3. The third-order valence-electron chi connectivity index (χ3n) is 1.64. The second kappa shape index (κ2) is 3.81. The average molecular weight is 221 g/mol. The molecule has 1 amide bonds. The minimum absolute atomic E-state index is 0.0282. The third-order valence-corrected chi connectivity index (χ3v) is 1.64. The molecule has 0 atom stereocenters. The maximum Gasteiger partial charge on any atom is 0.294 e. The maximum atomic E-state index is 11.5. The lowest BCUT2D eigenvalue weighted by atomic mass is 10.5. The van der Waals surface area contributed by atoms with Gasteiger partial charge in [-0.1, -0.05) is 0 Å². The minimum atomic E-state index is -0.552. The zero-order valence-electron chi connectivity index (χ0n) is 7.89. The van der Waals surface area contributed by atoms with Crippen molar-refractivity contribution in [3.63, 3.8) is 0 Å². The van der Waals surface area contributed by atoms with Gasteiger partial charge in [-0.3, -0.25) is 14.7 Å². The van der Waals surface area contributed by atoms with E-state index in [2.05, 4.69) is 30.7 Å². The summed E-state index contributed by atoms with van der Waals surface area (Å²) in [7, 11) is 0. The van der Waals surface area contributed by atoms with Gasteiger partial charge in [-0.15, -0.1) is 5.10 Å². The van der Waals surface area contributed by atoms with Crippen LogP contribution in [0.2, 0.25) is 0 Å². The number of nitrogens with zero attached hydrogens (tertiary/aromatic N) is 3. The molecule has 82 valence electrons. The number of nitrogen functional groups attached to an aromatic ring is 1. The van der Waals surface area contributed by atoms with Crippen LogP contribution in [-0.4, -0.2) is 31.3 Å². The number of nitrogens with two attached hydrogens (primary N) is 1. The SMILES string of the molecule is Nc1n[nH]c(C(=O)Nc2ccc(=O)[nH]n2)n1. The van der Waals surface area contributed by atoms with E-state index in [1.807, 2.05) is 0 Å². The highest BCUT2D eigenvalue weighted by Gasteiger charge is 2.11. The molecule has 0 fully saturated rings. The van der Waals surface area contributed by atoms with E-state index in [1.165, 1.54) is 12.1 Å². The van der Waals surface area contributed by atoms with E-state index in [0.717, 1.165) is 0 Å². The van der Waals surface area contributed by atoms with E-state index >= 15 is 0 Å². The molecule has 0 radical (unpaired) electrons. The molecular formula is C7H7N7O2. The Bertz CT molecular complexity index is 552. The van der Waals surface area contributed by atoms with Crippen LogP contribution in [0, 0.1) is 0 Å². The van der Waals surface area contributed by atoms with Crippen molar-refractivity contribution >= 4 is 17.7 Å². The molecule has 16 heavy (non-hydrogen) atoms. The first kappa shape index (κ1) is 9.83. The van der Waals surface area contributed by atoms with Crippen LogP contribution in [0.15, 0.2) is 16.9 Å². The van der Waals surface area contributed by atoms with Gasteiger partial charge in [0.1, 0.15) is 0 Å². The zero-order chi connectivity index (χ0) is 11.5. The van der Waals surface area contributed by atoms with Gasteiger partial charge < -0.3 is 11.1 Å². The lowest BCUT2D eigenvalue weighted by Gasteiger charge is -1.99. The van der Waals surface area contributed by atoms with Gasteiger partial charge in [-0.2, -0.15) is 10.1 Å². The molecule has 2 aromatic heterocycles. The van der Waals surface area contributed by atoms with Crippen LogP contribution in [0.25, 0.3) is 0 Å². The van der Waals surface area contributed by atoms with Crippen LogP contribution < -0.4 is 16.6 Å². The first-order chi connectivity index (χ1) is 7.65. The van der Waals surface area contributed by atoms with Crippen molar-refractivity contribution in [2.75, 3.05) is 11.1 Å². The van der Waals surface area contributed by atoms with E-state index in [0.29, 0.717) is 0 Å². The molecule has 0 aliphatic carbocycles. The Balaban J connectivity index is 2.13. The topological polar surface area (TPSA) is 142 Å². The molecule has 0 saturated heterocycles. The second-order valence-corrected chi connectivity index (χ2v) is 2.80. The number of hydrogen-bond donors (Lipinski definition) is 4. The lowest BCUT2D eigenvalue weighted by Crippen LogP contribution is -2.17. The summed E-state index contributed by atoms with van der Waals surface area (Å²) in [6.45, 7) is 0. The maximum absolute atomic E-state index is 11.5. The first-order valence-corrected chi connectivity index (χ1v) is 4.20. The smallest absolute Gasteiger partial charge is 0.294 e. The van der Waals surface area contributed by atoms with Gasteiger partial charge in [-0.05, 0) is 6.07 Å². The van der Waals surface area contributed by atoms with Crippen LogP contribution in [0.1, 0.15) is 10.6 Å². The third kappa shape index (κ3) is 2.03. The van der Waals surface area contributed by atoms with Crippen molar-refractivity contribution < 1.29 is 4.79 Å². The molecule has 9 nitrogen and oxygen atoms in total. The monoisotopic (exact) mass is 221 g/mol. The Morgan fingerprint density at radius 1 is 1.31 bits per heavy atom. The van der Waals surface area contributed by atoms with Crippen LogP contribution in [0.4, 0.5) is 11.8 Å². The van der Waals surface area contributed by atoms with E-state index in [-0.39, 0.29) is 23.1 Å². The number of anilines is 2. The minimum Gasteiger partial charge on any atom is -0.366 e. The van der Waals surface area contributed by atoms with Crippen molar-refractivity contribution in [3.05, 3.63) is 28.3 Å². The van der Waals surface area contributed by atoms with Crippen molar-refractivity contribution in [2.45, 2.75) is 0 Å². The molecule has 2 aromatic rings. The summed E-state index contributed by atoms with van der Waals surface area (Å²) in [5.41, 5.74) is 4.87. The predicted octanol–water partition coefficient (Wildman–Crippen LogP) is -1.28. The number of amides is 1. The van der Waals surface area contributed by atoms with Crippen molar-refractivity contribution in [3.8, 4) is 0 Å². The largest absolute Gasteiger partial charge is 0.366 e. The van der Waals surface area contributed by atoms with Crippen LogP contribution in [0.5, 0.6) is 0 Å². The molecule has 0 spiro atoms. The predicted molar refractivity (Wildman–Crippen MR) is 53.6 cm³/mol. The molecule has 0 aliphatic heterocycles. The van der Waals surface area contributed by atoms with Crippen LogP contribution in [0.3, 0.4) is 0 Å². The van der Waals surface area contributed by atoms with Crippen molar-refractivity contribution in [2.24, 2.45) is 0 Å². The number of aromatic amines is 2. The summed E-state index contributed by atoms with van der Waals surface area (Å²) in [5, 5.41) is 14.0. The van der Waals surface area contributed by atoms with Gasteiger partial charge in [-0.25, -0.2) is 5.10 Å². The highest BCUT2D eigenvalue weighted by molar-refractivity contribution is 6.00. The molecule has 9 heteroatoms. The van der Waals surface area contributed by atoms with Gasteiger partial charge in [0.25, 0.3) is 11.5 Å². The molecule has 0 aliphatic rings. The van der Waals surface area contributed by atoms with Gasteiger partial charge in [0.05, 0.1) is 0 Å². The second-order valence-electron chi connectivity index (χ2n) is 2.80. The van der Waals surface area contributed by atoms with Gasteiger partial charge in [0, 0.05) is 6.07 Å². The Hall–Kier alpha value is -2.71. The number of H-pyrrole nitrogens is 2. The number of rotatable bonds is 2. The highest BCUT2D eigenvalue weighted by Crippen LogP contribution is 2.00. The molecule has 0 aromatic carbocycles. The average Bonchev–Trinajstić information content (AvgIpc) is 2.68. The molecule has 2 heterocycles. The fourth-order valence-electron chi connectivity index (χ4n) is 0.966. The normalized spacial score (nSPS) is 10.0. The fourth-order valence-corrected chi connectivity index (χ4v) is 0.966. The summed E-state index contributed by atoms with van der Waals surface area (Å²) >= 11 is 0. The molecular weight excluding hydrogens is 214 g/mol. The Kier molecular flexibility index (Phi) is 2.34. The summed E-state index contributed by atoms with van der Waals surface area (Å²) in [6, 6.07) is 2.59. The number of aromatic nitrogens is 5.